The molecule has 110 valence electrons. The maximum Gasteiger partial charge on any atom is 0.173 e. The Hall–Kier alpha value is -2.94. The van der Waals surface area contributed by atoms with Gasteiger partial charge in [0.2, 0.25) is 0 Å². The van der Waals surface area contributed by atoms with Crippen LogP contribution in [0.25, 0.3) is 11.6 Å². The van der Waals surface area contributed by atoms with E-state index in [1.54, 1.807) is 21.5 Å². The Kier molecular flexibility index (Phi) is 3.26. The van der Waals surface area contributed by atoms with Gasteiger partial charge >= 0.3 is 0 Å². The summed E-state index contributed by atoms with van der Waals surface area (Å²) in [5.41, 5.74) is 4.23. The van der Waals surface area contributed by atoms with Crippen molar-refractivity contribution in [3.8, 4) is 17.7 Å². The number of aromatic nitrogens is 5. The smallest absolute Gasteiger partial charge is 0.173 e. The highest BCUT2D eigenvalue weighted by Gasteiger charge is 2.14. The monoisotopic (exact) mass is 292 g/mol. The minimum atomic E-state index is 0.483. The molecule has 22 heavy (non-hydrogen) atoms. The quantitative estimate of drug-likeness (QED) is 0.727. The summed E-state index contributed by atoms with van der Waals surface area (Å²) < 4.78 is 3.47. The molecule has 0 radical (unpaired) electrons. The minimum absolute atomic E-state index is 0.483. The molecule has 0 aliphatic carbocycles. The summed E-state index contributed by atoms with van der Waals surface area (Å²) in [5.74, 6) is 1.20. The maximum absolute atomic E-state index is 9.34. The first kappa shape index (κ1) is 14.0. The Morgan fingerprint density at radius 2 is 1.50 bits per heavy atom. The lowest BCUT2D eigenvalue weighted by atomic mass is 10.2. The van der Waals surface area contributed by atoms with E-state index < -0.39 is 0 Å². The van der Waals surface area contributed by atoms with Crippen LogP contribution in [0.4, 0.5) is 0 Å². The number of aryl methyl sites for hydroxylation is 4. The SMILES string of the molecule is Cc1cc(C)n(-c2ccc(C#N)c(-n3nc(C)cc3C)n2)n1. The van der Waals surface area contributed by atoms with Gasteiger partial charge in [-0.2, -0.15) is 15.5 Å². The molecule has 0 amide bonds. The molecule has 0 N–H and O–H groups in total. The molecular weight excluding hydrogens is 276 g/mol. The number of nitrogens with zero attached hydrogens (tertiary/aromatic N) is 6. The third-order valence-electron chi connectivity index (χ3n) is 3.42. The molecule has 0 fully saturated rings. The first-order valence-corrected chi connectivity index (χ1v) is 6.98. The molecule has 3 aromatic rings. The van der Waals surface area contributed by atoms with Gasteiger partial charge in [0.15, 0.2) is 11.6 Å². The third kappa shape index (κ3) is 2.27. The zero-order valence-corrected chi connectivity index (χ0v) is 13.0. The van der Waals surface area contributed by atoms with Gasteiger partial charge in [0.05, 0.1) is 17.0 Å². The highest BCUT2D eigenvalue weighted by molar-refractivity contribution is 5.47. The van der Waals surface area contributed by atoms with Gasteiger partial charge in [-0.25, -0.2) is 14.3 Å². The standard InChI is InChI=1S/C16H16N6/c1-10-7-12(3)21(19-10)15-6-5-14(9-17)16(18-15)22-13(4)8-11(2)20-22/h5-8H,1-4H3. The number of nitriles is 1. The Labute approximate surface area is 128 Å². The van der Waals surface area contributed by atoms with E-state index in [1.165, 1.54) is 0 Å². The van der Waals surface area contributed by atoms with Crippen molar-refractivity contribution in [2.75, 3.05) is 0 Å². The summed E-state index contributed by atoms with van der Waals surface area (Å²) in [7, 11) is 0. The number of pyridine rings is 1. The second kappa shape index (κ2) is 5.11. The van der Waals surface area contributed by atoms with E-state index in [1.807, 2.05) is 39.8 Å². The largest absolute Gasteiger partial charge is 0.219 e. The van der Waals surface area contributed by atoms with Crippen molar-refractivity contribution in [2.45, 2.75) is 27.7 Å². The summed E-state index contributed by atoms with van der Waals surface area (Å²) in [5, 5.41) is 18.2. The molecule has 0 aliphatic rings. The summed E-state index contributed by atoms with van der Waals surface area (Å²) >= 11 is 0. The maximum atomic E-state index is 9.34. The number of rotatable bonds is 2. The van der Waals surface area contributed by atoms with Gasteiger partial charge in [-0.1, -0.05) is 0 Å². The zero-order valence-electron chi connectivity index (χ0n) is 13.0. The Balaban J connectivity index is 2.22. The van der Waals surface area contributed by atoms with Gasteiger partial charge in [-0.15, -0.1) is 0 Å². The van der Waals surface area contributed by atoms with Crippen molar-refractivity contribution in [1.82, 2.24) is 24.5 Å². The minimum Gasteiger partial charge on any atom is -0.219 e. The summed E-state index contributed by atoms with van der Waals surface area (Å²) in [6.45, 7) is 7.77. The molecule has 6 nitrogen and oxygen atoms in total. The second-order valence-electron chi connectivity index (χ2n) is 5.33. The van der Waals surface area contributed by atoms with E-state index in [-0.39, 0.29) is 0 Å². The van der Waals surface area contributed by atoms with E-state index >= 15 is 0 Å². The molecule has 0 saturated carbocycles. The normalized spacial score (nSPS) is 10.7. The van der Waals surface area contributed by atoms with E-state index in [9.17, 15) is 5.26 Å². The molecule has 0 spiro atoms. The molecule has 3 heterocycles. The van der Waals surface area contributed by atoms with Crippen LogP contribution in [0, 0.1) is 39.0 Å². The topological polar surface area (TPSA) is 72.3 Å². The van der Waals surface area contributed by atoms with Gasteiger partial charge in [0, 0.05) is 11.4 Å². The third-order valence-corrected chi connectivity index (χ3v) is 3.42. The zero-order chi connectivity index (χ0) is 15.9. The molecule has 0 atom stereocenters. The van der Waals surface area contributed by atoms with Crippen LogP contribution in [0.15, 0.2) is 24.3 Å². The number of hydrogen-bond acceptors (Lipinski definition) is 4. The summed E-state index contributed by atoms with van der Waals surface area (Å²) in [6, 6.07) is 9.68. The van der Waals surface area contributed by atoms with Crippen LogP contribution in [0.5, 0.6) is 0 Å². The molecule has 0 bridgehead atoms. The molecule has 0 saturated heterocycles. The van der Waals surface area contributed by atoms with Crippen molar-refractivity contribution in [2.24, 2.45) is 0 Å². The van der Waals surface area contributed by atoms with Gasteiger partial charge < -0.3 is 0 Å². The summed E-state index contributed by atoms with van der Waals surface area (Å²) in [4.78, 5) is 4.61. The molecule has 3 aromatic heterocycles. The lowest BCUT2D eigenvalue weighted by Crippen LogP contribution is -2.09. The van der Waals surface area contributed by atoms with Crippen molar-refractivity contribution in [3.63, 3.8) is 0 Å². The van der Waals surface area contributed by atoms with Crippen LogP contribution in [0.3, 0.4) is 0 Å². The van der Waals surface area contributed by atoms with Crippen molar-refractivity contribution < 1.29 is 0 Å². The van der Waals surface area contributed by atoms with Crippen LogP contribution < -0.4 is 0 Å². The highest BCUT2D eigenvalue weighted by atomic mass is 15.4. The molecular formula is C16H16N6. The van der Waals surface area contributed by atoms with E-state index in [4.69, 9.17) is 0 Å². The molecule has 0 unspecified atom stereocenters. The Morgan fingerprint density at radius 3 is 2.00 bits per heavy atom. The lowest BCUT2D eigenvalue weighted by molar-refractivity contribution is 0.765. The fourth-order valence-corrected chi connectivity index (χ4v) is 2.51. The fourth-order valence-electron chi connectivity index (χ4n) is 2.51. The molecule has 0 aromatic carbocycles. The summed E-state index contributed by atoms with van der Waals surface area (Å²) in [6.07, 6.45) is 0. The second-order valence-corrected chi connectivity index (χ2v) is 5.33. The first-order chi connectivity index (χ1) is 10.5. The predicted molar refractivity (Wildman–Crippen MR) is 82.1 cm³/mol. The van der Waals surface area contributed by atoms with Gasteiger partial charge in [-0.05, 0) is 52.0 Å². The number of hydrogen-bond donors (Lipinski definition) is 0. The fraction of sp³-hybridized carbons (Fsp3) is 0.250. The average molecular weight is 292 g/mol. The van der Waals surface area contributed by atoms with E-state index in [0.717, 1.165) is 22.8 Å². The first-order valence-electron chi connectivity index (χ1n) is 6.98. The Bertz CT molecular complexity index is 894. The van der Waals surface area contributed by atoms with Crippen molar-refractivity contribution in [3.05, 3.63) is 52.6 Å². The molecule has 0 aliphatic heterocycles. The molecule has 6 heteroatoms. The Morgan fingerprint density at radius 1 is 0.909 bits per heavy atom. The van der Waals surface area contributed by atoms with E-state index in [0.29, 0.717) is 17.2 Å². The van der Waals surface area contributed by atoms with Crippen LogP contribution in [0.2, 0.25) is 0 Å². The van der Waals surface area contributed by atoms with Crippen molar-refractivity contribution in [1.29, 1.82) is 5.26 Å². The van der Waals surface area contributed by atoms with Gasteiger partial charge in [-0.3, -0.25) is 0 Å². The van der Waals surface area contributed by atoms with E-state index in [2.05, 4.69) is 21.3 Å². The van der Waals surface area contributed by atoms with Crippen LogP contribution >= 0.6 is 0 Å². The highest BCUT2D eigenvalue weighted by Crippen LogP contribution is 2.18. The lowest BCUT2D eigenvalue weighted by Gasteiger charge is -2.09. The van der Waals surface area contributed by atoms with Gasteiger partial charge in [0.25, 0.3) is 0 Å². The van der Waals surface area contributed by atoms with Gasteiger partial charge in [0.1, 0.15) is 6.07 Å². The average Bonchev–Trinajstić information content (AvgIpc) is 2.99. The van der Waals surface area contributed by atoms with Crippen LogP contribution in [-0.2, 0) is 0 Å². The van der Waals surface area contributed by atoms with Crippen LogP contribution in [-0.4, -0.2) is 24.5 Å². The van der Waals surface area contributed by atoms with Crippen LogP contribution in [0.1, 0.15) is 28.3 Å². The van der Waals surface area contributed by atoms with Crippen molar-refractivity contribution >= 4 is 0 Å². The molecule has 3 rings (SSSR count). The predicted octanol–water partition coefficient (Wildman–Crippen LogP) is 2.56.